The van der Waals surface area contributed by atoms with Gasteiger partial charge in [-0.1, -0.05) is 6.07 Å². The van der Waals surface area contributed by atoms with E-state index in [2.05, 4.69) is 4.74 Å². The number of hydrogen-bond donors (Lipinski definition) is 4. The van der Waals surface area contributed by atoms with E-state index in [0.29, 0.717) is 0 Å². The zero-order valence-electron chi connectivity index (χ0n) is 10.1. The van der Waals surface area contributed by atoms with E-state index in [-0.39, 0.29) is 17.7 Å². The average molecular weight is 270 g/mol. The molecule has 2 atom stereocenters. The molecule has 7 nitrogen and oxygen atoms in total. The fourth-order valence-corrected chi connectivity index (χ4v) is 1.45. The maximum absolute atomic E-state index is 11.2. The number of aromatic carboxylic acids is 1. The lowest BCUT2D eigenvalue weighted by molar-refractivity contribution is -0.159. The van der Waals surface area contributed by atoms with Crippen molar-refractivity contribution in [2.24, 2.45) is 0 Å². The Morgan fingerprint density at radius 3 is 2.42 bits per heavy atom. The Morgan fingerprint density at radius 1 is 1.32 bits per heavy atom. The monoisotopic (exact) mass is 270 g/mol. The first-order chi connectivity index (χ1) is 8.88. The number of hydrogen-bond acceptors (Lipinski definition) is 6. The van der Waals surface area contributed by atoms with Crippen molar-refractivity contribution < 1.29 is 34.8 Å². The highest BCUT2D eigenvalue weighted by atomic mass is 16.5. The molecule has 1 aromatic rings. The lowest BCUT2D eigenvalue weighted by Gasteiger charge is -2.17. The van der Waals surface area contributed by atoms with E-state index >= 15 is 0 Å². The normalized spacial score (nSPS) is 13.6. The van der Waals surface area contributed by atoms with Crippen molar-refractivity contribution in [1.29, 1.82) is 0 Å². The summed E-state index contributed by atoms with van der Waals surface area (Å²) in [5.74, 6) is -2.81. The Kier molecular flexibility index (Phi) is 4.85. The quantitative estimate of drug-likeness (QED) is 0.557. The molecule has 0 aliphatic heterocycles. The van der Waals surface area contributed by atoms with Crippen molar-refractivity contribution in [3.05, 3.63) is 29.3 Å². The zero-order chi connectivity index (χ0) is 14.6. The topological polar surface area (TPSA) is 124 Å². The number of esters is 1. The first kappa shape index (κ1) is 14.9. The highest BCUT2D eigenvalue weighted by Gasteiger charge is 2.29. The third-order valence-corrected chi connectivity index (χ3v) is 2.42. The SMILES string of the molecule is CCOC(=O)C(O)C(O)c1ccc(C(=O)O)cc1O. The molecule has 4 N–H and O–H groups in total. The number of aromatic hydroxyl groups is 1. The van der Waals surface area contributed by atoms with Gasteiger partial charge >= 0.3 is 11.9 Å². The van der Waals surface area contributed by atoms with Crippen LogP contribution in [0.4, 0.5) is 0 Å². The lowest BCUT2D eigenvalue weighted by Crippen LogP contribution is -2.30. The molecule has 0 radical (unpaired) electrons. The zero-order valence-corrected chi connectivity index (χ0v) is 10.1. The van der Waals surface area contributed by atoms with Crippen LogP contribution in [0.2, 0.25) is 0 Å². The largest absolute Gasteiger partial charge is 0.508 e. The third-order valence-electron chi connectivity index (χ3n) is 2.42. The average Bonchev–Trinajstić information content (AvgIpc) is 2.37. The molecule has 1 aromatic carbocycles. The molecule has 2 unspecified atom stereocenters. The van der Waals surface area contributed by atoms with Gasteiger partial charge in [0.15, 0.2) is 6.10 Å². The second-order valence-electron chi connectivity index (χ2n) is 3.72. The lowest BCUT2D eigenvalue weighted by atomic mass is 10.0. The first-order valence-electron chi connectivity index (χ1n) is 5.47. The molecule has 19 heavy (non-hydrogen) atoms. The van der Waals surface area contributed by atoms with Crippen LogP contribution in [0.25, 0.3) is 0 Å². The van der Waals surface area contributed by atoms with Crippen molar-refractivity contribution in [2.75, 3.05) is 6.61 Å². The van der Waals surface area contributed by atoms with Crippen LogP contribution in [0, 0.1) is 0 Å². The summed E-state index contributed by atoms with van der Waals surface area (Å²) in [4.78, 5) is 21.9. The molecular formula is C12H14O7. The molecule has 1 rings (SSSR count). The van der Waals surface area contributed by atoms with Gasteiger partial charge in [0.1, 0.15) is 11.9 Å². The van der Waals surface area contributed by atoms with Crippen molar-refractivity contribution in [3.8, 4) is 5.75 Å². The van der Waals surface area contributed by atoms with Crippen LogP contribution in [0.15, 0.2) is 18.2 Å². The molecule has 7 heteroatoms. The number of carbonyl (C=O) groups excluding carboxylic acids is 1. The van der Waals surface area contributed by atoms with Crippen molar-refractivity contribution in [1.82, 2.24) is 0 Å². The Bertz CT molecular complexity index is 483. The van der Waals surface area contributed by atoms with E-state index in [0.717, 1.165) is 18.2 Å². The number of carbonyl (C=O) groups is 2. The van der Waals surface area contributed by atoms with Crippen LogP contribution >= 0.6 is 0 Å². The summed E-state index contributed by atoms with van der Waals surface area (Å²) in [6.07, 6.45) is -3.57. The number of rotatable bonds is 5. The van der Waals surface area contributed by atoms with Crippen LogP contribution < -0.4 is 0 Å². The van der Waals surface area contributed by atoms with E-state index in [9.17, 15) is 24.9 Å². The molecular weight excluding hydrogens is 256 g/mol. The summed E-state index contributed by atoms with van der Waals surface area (Å²) in [7, 11) is 0. The minimum atomic E-state index is -1.86. The number of benzene rings is 1. The van der Waals surface area contributed by atoms with Crippen LogP contribution in [0.3, 0.4) is 0 Å². The predicted octanol–water partition coefficient (Wildman–Crippen LogP) is 0.0478. The molecule has 0 amide bonds. The summed E-state index contributed by atoms with van der Waals surface area (Å²) in [6, 6.07) is 3.17. The smallest absolute Gasteiger partial charge is 0.338 e. The van der Waals surface area contributed by atoms with Gasteiger partial charge in [0.05, 0.1) is 12.2 Å². The highest BCUT2D eigenvalue weighted by Crippen LogP contribution is 2.28. The van der Waals surface area contributed by atoms with Gasteiger partial charge in [-0.3, -0.25) is 0 Å². The number of phenols is 1. The van der Waals surface area contributed by atoms with Gasteiger partial charge < -0.3 is 25.2 Å². The van der Waals surface area contributed by atoms with Crippen LogP contribution in [-0.4, -0.2) is 45.1 Å². The van der Waals surface area contributed by atoms with Crippen molar-refractivity contribution >= 4 is 11.9 Å². The molecule has 0 aliphatic rings. The van der Waals surface area contributed by atoms with Gasteiger partial charge in [0.2, 0.25) is 0 Å². The van der Waals surface area contributed by atoms with Gasteiger partial charge in [-0.2, -0.15) is 0 Å². The van der Waals surface area contributed by atoms with E-state index in [1.807, 2.05) is 0 Å². The molecule has 0 spiro atoms. The standard InChI is InChI=1S/C12H14O7/c1-2-19-12(18)10(15)9(14)7-4-3-6(11(16)17)5-8(7)13/h3-5,9-10,13-15H,2H2,1H3,(H,16,17). The number of carboxylic acid groups (broad SMARTS) is 1. The Morgan fingerprint density at radius 2 is 1.95 bits per heavy atom. The second-order valence-corrected chi connectivity index (χ2v) is 3.72. The Balaban J connectivity index is 2.96. The number of aliphatic hydroxyl groups is 2. The van der Waals surface area contributed by atoms with Gasteiger partial charge in [-0.15, -0.1) is 0 Å². The fraction of sp³-hybridized carbons (Fsp3) is 0.333. The minimum absolute atomic E-state index is 0.0343. The summed E-state index contributed by atoms with van der Waals surface area (Å²) in [5.41, 5.74) is -0.343. The van der Waals surface area contributed by atoms with Gasteiger partial charge in [0, 0.05) is 5.56 Å². The third kappa shape index (κ3) is 3.43. The molecule has 104 valence electrons. The van der Waals surface area contributed by atoms with Gasteiger partial charge in [-0.05, 0) is 19.1 Å². The Hall–Kier alpha value is -2.12. The van der Waals surface area contributed by atoms with Crippen molar-refractivity contribution in [3.63, 3.8) is 0 Å². The van der Waals surface area contributed by atoms with Crippen molar-refractivity contribution in [2.45, 2.75) is 19.1 Å². The van der Waals surface area contributed by atoms with Crippen LogP contribution in [0.1, 0.15) is 28.9 Å². The summed E-state index contributed by atoms with van der Waals surface area (Å²) in [5, 5.41) is 37.6. The van der Waals surface area contributed by atoms with Gasteiger partial charge in [-0.25, -0.2) is 9.59 Å². The highest BCUT2D eigenvalue weighted by molar-refractivity contribution is 5.88. The van der Waals surface area contributed by atoms with Crippen LogP contribution in [-0.2, 0) is 9.53 Å². The number of ether oxygens (including phenoxy) is 1. The molecule has 0 saturated carbocycles. The predicted molar refractivity (Wildman–Crippen MR) is 62.7 cm³/mol. The van der Waals surface area contributed by atoms with E-state index in [1.54, 1.807) is 0 Å². The molecule has 0 aromatic heterocycles. The summed E-state index contributed by atoms with van der Waals surface area (Å²) >= 11 is 0. The second kappa shape index (κ2) is 6.17. The first-order valence-corrected chi connectivity index (χ1v) is 5.47. The summed E-state index contributed by atoms with van der Waals surface area (Å²) in [6.45, 7) is 1.57. The maximum atomic E-state index is 11.2. The molecule has 0 heterocycles. The number of aliphatic hydroxyl groups excluding tert-OH is 2. The van der Waals surface area contributed by atoms with E-state index in [4.69, 9.17) is 5.11 Å². The Labute approximate surface area is 108 Å². The fourth-order valence-electron chi connectivity index (χ4n) is 1.45. The van der Waals surface area contributed by atoms with E-state index < -0.39 is 29.9 Å². The molecule has 0 fully saturated rings. The van der Waals surface area contributed by atoms with Gasteiger partial charge in [0.25, 0.3) is 0 Å². The molecule has 0 aliphatic carbocycles. The summed E-state index contributed by atoms with van der Waals surface area (Å²) < 4.78 is 4.52. The van der Waals surface area contributed by atoms with E-state index in [1.165, 1.54) is 6.92 Å². The number of phenolic OH excluding ortho intramolecular Hbond substituents is 1. The maximum Gasteiger partial charge on any atom is 0.338 e. The number of carboxylic acids is 1. The molecule has 0 saturated heterocycles. The van der Waals surface area contributed by atoms with Crippen LogP contribution in [0.5, 0.6) is 5.75 Å². The minimum Gasteiger partial charge on any atom is -0.508 e. The molecule has 0 bridgehead atoms.